The van der Waals surface area contributed by atoms with Gasteiger partial charge in [0.25, 0.3) is 19.4 Å². The van der Waals surface area contributed by atoms with Gasteiger partial charge in [-0.05, 0) is 126 Å². The predicted molar refractivity (Wildman–Crippen MR) is 242 cm³/mol. The fourth-order valence-corrected chi connectivity index (χ4v) is 6.47. The Bertz CT molecular complexity index is 2530. The molecule has 0 unspecified atom stereocenters. The molecule has 0 spiro atoms. The minimum absolute atomic E-state index is 0. The second-order valence-corrected chi connectivity index (χ2v) is 14.2. The summed E-state index contributed by atoms with van der Waals surface area (Å²) in [5.41, 5.74) is 4.71. The number of aryl methyl sites for hydroxylation is 1. The van der Waals surface area contributed by atoms with Crippen LogP contribution >= 0.6 is 23.6 Å². The van der Waals surface area contributed by atoms with Crippen molar-refractivity contribution in [3.05, 3.63) is 147 Å². The second kappa shape index (κ2) is 28.7. The van der Waals surface area contributed by atoms with E-state index in [4.69, 9.17) is 5.41 Å². The summed E-state index contributed by atoms with van der Waals surface area (Å²) in [7, 11) is 0. The molecule has 0 atom stereocenters. The Hall–Kier alpha value is -6.91. The molecular weight excluding hydrogens is 969 g/mol. The van der Waals surface area contributed by atoms with Crippen molar-refractivity contribution in [1.82, 2.24) is 30.1 Å². The van der Waals surface area contributed by atoms with E-state index < -0.39 is 11.9 Å². The van der Waals surface area contributed by atoms with E-state index in [1.54, 1.807) is 96.7 Å². The molecule has 19 heteroatoms. The maximum Gasteiger partial charge on any atom is 2.00 e. The monoisotopic (exact) mass is 1010 g/mol. The molecule has 0 aliphatic rings. The first kappa shape index (κ1) is 52.4. The molecule has 6 heterocycles. The molecule has 6 rings (SSSR count). The summed E-state index contributed by atoms with van der Waals surface area (Å²) >= 11 is 5.47. The number of aromatic nitrogens is 6. The van der Waals surface area contributed by atoms with Crippen LogP contribution in [0, 0.1) is 0 Å². The zero-order valence-electron chi connectivity index (χ0n) is 34.4. The van der Waals surface area contributed by atoms with Crippen molar-refractivity contribution in [2.75, 3.05) is 0 Å². The Morgan fingerprint density at radius 2 is 1.17 bits per heavy atom. The maximum atomic E-state index is 12.7. The Labute approximate surface area is 394 Å². The summed E-state index contributed by atoms with van der Waals surface area (Å²) < 4.78 is 51.9. The van der Waals surface area contributed by atoms with Gasteiger partial charge in [0.1, 0.15) is 5.69 Å². The van der Waals surface area contributed by atoms with Gasteiger partial charge in [-0.1, -0.05) is 50.2 Å². The van der Waals surface area contributed by atoms with Crippen LogP contribution in [0.25, 0.3) is 70.0 Å². The number of hydrogen-bond donors (Lipinski definition) is 0. The number of halogens is 3. The van der Waals surface area contributed by atoms with Crippen LogP contribution in [0.5, 0.6) is 0 Å². The number of alkyl halides is 3. The van der Waals surface area contributed by atoms with Crippen LogP contribution in [0.2, 0.25) is 0 Å². The topological polar surface area (TPSA) is 180 Å². The average Bonchev–Trinajstić information content (AvgIpc) is 4.00. The van der Waals surface area contributed by atoms with Gasteiger partial charge in [-0.2, -0.15) is 18.3 Å². The minimum atomic E-state index is -4.50. The molecule has 0 aliphatic carbocycles. The third-order valence-electron chi connectivity index (χ3n) is 8.40. The number of unbranched alkanes of at least 4 members (excludes halogenated alkanes) is 3. The summed E-state index contributed by atoms with van der Waals surface area (Å²) in [5, 5.41) is 15.3. The smallest absolute Gasteiger partial charge is 0.753 e. The largest absolute Gasteiger partial charge is 2.00 e. The van der Waals surface area contributed by atoms with Crippen molar-refractivity contribution < 1.29 is 61.2 Å². The SMILES string of the molecule is CCCCCCc1ccc(/C=C/c2ccnc(-c3cc(C(F)(F)F)n[n-]3)c2)s1.O=CO/C=C/c1ccnc(-c2cc(/C=C/OC=O)cc(-c3cc(/C=C/OC=O)ccn3)n2)c1.[N-]=C=S.[Ru+2]. The zero-order valence-corrected chi connectivity index (χ0v) is 37.7. The van der Waals surface area contributed by atoms with Crippen molar-refractivity contribution in [3.8, 4) is 34.2 Å². The van der Waals surface area contributed by atoms with Crippen LogP contribution in [0.1, 0.15) is 70.3 Å². The van der Waals surface area contributed by atoms with E-state index >= 15 is 0 Å². The first-order valence-electron chi connectivity index (χ1n) is 19.1. The molecule has 0 radical (unpaired) electrons. The number of carbonyl (C=O) groups is 3. The minimum Gasteiger partial charge on any atom is -0.753 e. The average molecular weight is 1010 g/mol. The van der Waals surface area contributed by atoms with Crippen LogP contribution < -0.4 is 5.10 Å². The van der Waals surface area contributed by atoms with E-state index in [1.807, 2.05) is 12.2 Å². The summed E-state index contributed by atoms with van der Waals surface area (Å²) in [6, 6.07) is 19.3. The molecule has 0 aliphatic heterocycles. The van der Waals surface area contributed by atoms with Gasteiger partial charge in [0.15, 0.2) is 0 Å². The molecule has 0 bridgehead atoms. The number of thiocarbonyl (C=S) groups is 1. The molecule has 13 nitrogen and oxygen atoms in total. The molecule has 65 heavy (non-hydrogen) atoms. The number of thiophene rings is 1. The van der Waals surface area contributed by atoms with Crippen LogP contribution in [-0.2, 0) is 60.7 Å². The molecule has 0 N–H and O–H groups in total. The fraction of sp³-hybridized carbons (Fsp3) is 0.152. The predicted octanol–water partition coefficient (Wildman–Crippen LogP) is 10.8. The van der Waals surface area contributed by atoms with E-state index in [9.17, 15) is 27.6 Å². The number of pyridine rings is 4. The van der Waals surface area contributed by atoms with Crippen LogP contribution in [-0.4, -0.2) is 49.6 Å². The summed E-state index contributed by atoms with van der Waals surface area (Å²) in [4.78, 5) is 51.2. The molecule has 334 valence electrons. The molecular formula is C46H38F3N7O6RuS2. The number of nitrogens with zero attached hydrogens (tertiary/aromatic N) is 7. The van der Waals surface area contributed by atoms with Gasteiger partial charge in [0.05, 0.1) is 41.6 Å². The van der Waals surface area contributed by atoms with Gasteiger partial charge in [-0.25, -0.2) is 4.98 Å². The number of isothiocyanates is 1. The van der Waals surface area contributed by atoms with Gasteiger partial charge in [-0.15, -0.1) is 11.3 Å². The number of carbonyl (C=O) groups excluding carboxylic acids is 3. The third kappa shape index (κ3) is 18.4. The van der Waals surface area contributed by atoms with Crippen LogP contribution in [0.3, 0.4) is 0 Å². The normalized spacial score (nSPS) is 11.0. The van der Waals surface area contributed by atoms with Gasteiger partial charge in [0.2, 0.25) is 0 Å². The van der Waals surface area contributed by atoms with E-state index in [0.717, 1.165) is 34.1 Å². The van der Waals surface area contributed by atoms with Crippen molar-refractivity contribution in [1.29, 1.82) is 0 Å². The summed E-state index contributed by atoms with van der Waals surface area (Å²) in [5.74, 6) is 0. The zero-order chi connectivity index (χ0) is 46.0. The van der Waals surface area contributed by atoms with Gasteiger partial charge in [0, 0.05) is 34.0 Å². The molecule has 0 saturated heterocycles. The van der Waals surface area contributed by atoms with Gasteiger partial charge >= 0.3 is 25.7 Å². The quantitative estimate of drug-likeness (QED) is 0.0142. The van der Waals surface area contributed by atoms with Gasteiger partial charge in [-0.3, -0.25) is 29.3 Å². The first-order valence-corrected chi connectivity index (χ1v) is 20.4. The Kier molecular flexibility index (Phi) is 23.2. The molecule has 0 aromatic carbocycles. The van der Waals surface area contributed by atoms with E-state index in [-0.39, 0.29) is 25.2 Å². The number of rotatable bonds is 19. The summed E-state index contributed by atoms with van der Waals surface area (Å²) in [6.45, 7) is 3.17. The molecule has 0 saturated carbocycles. The third-order valence-corrected chi connectivity index (χ3v) is 9.51. The molecule has 6 aromatic heterocycles. The second-order valence-electron chi connectivity index (χ2n) is 12.9. The van der Waals surface area contributed by atoms with Crippen molar-refractivity contribution in [2.24, 2.45) is 0 Å². The van der Waals surface area contributed by atoms with E-state index in [1.165, 1.54) is 54.5 Å². The Balaban J connectivity index is 0.000000324. The number of ether oxygens (including phenoxy) is 3. The van der Waals surface area contributed by atoms with Crippen molar-refractivity contribution in [3.63, 3.8) is 0 Å². The standard InChI is InChI=1S/C24H17N3O6.C21H21F3N3S.CNS.Ru/c28-15-31-8-3-18-1-6-25-21(11-18)23-13-20(5-10-33-17-30)14-24(27-23)22-12-19(2-7-26-22)4-9-32-16-29;1-2-3-4-5-6-16-9-10-17(28-16)8-7-15-11-12-25-18(13-15)19-14-20(27-26-19)21(22,23)24;2-1-3;/h1-17H;7-14H,2-6H2,1H3;;/q;2*-1;+2/b8-3+,9-4+,10-5+;8-7+;;. The molecule has 0 amide bonds. The number of hydrogen-bond acceptors (Lipinski definition) is 13. The van der Waals surface area contributed by atoms with Crippen molar-refractivity contribution in [2.45, 2.75) is 45.2 Å². The van der Waals surface area contributed by atoms with E-state index in [2.05, 4.69) is 75.6 Å². The van der Waals surface area contributed by atoms with Crippen molar-refractivity contribution >= 4 is 78.5 Å². The first-order chi connectivity index (χ1) is 31.1. The fourth-order valence-electron chi connectivity index (χ4n) is 5.51. The van der Waals surface area contributed by atoms with Gasteiger partial charge < -0.3 is 29.8 Å². The molecule has 6 aromatic rings. The Morgan fingerprint density at radius 1 is 0.677 bits per heavy atom. The van der Waals surface area contributed by atoms with Crippen LogP contribution in [0.4, 0.5) is 13.2 Å². The van der Waals surface area contributed by atoms with E-state index in [0.29, 0.717) is 53.4 Å². The maximum absolute atomic E-state index is 12.7. The molecule has 0 fully saturated rings. The Morgan fingerprint density at radius 3 is 1.68 bits per heavy atom. The van der Waals surface area contributed by atoms with Crippen LogP contribution in [0.15, 0.2) is 104 Å². The summed E-state index contributed by atoms with van der Waals surface area (Å²) in [6.07, 6.45) is 18.9.